The maximum Gasteiger partial charge on any atom is 0.124 e. The van der Waals surface area contributed by atoms with Crippen LogP contribution in [0.2, 0.25) is 0 Å². The van der Waals surface area contributed by atoms with E-state index in [2.05, 4.69) is 41.3 Å². The van der Waals surface area contributed by atoms with E-state index in [1.54, 1.807) is 0 Å². The molecule has 3 nitrogen and oxygen atoms in total. The van der Waals surface area contributed by atoms with Crippen molar-refractivity contribution in [2.24, 2.45) is 5.92 Å². The Hall–Kier alpha value is -1.35. The fourth-order valence-electron chi connectivity index (χ4n) is 2.97. The van der Waals surface area contributed by atoms with E-state index < -0.39 is 0 Å². The molecule has 1 aliphatic carbocycles. The number of hydrogen-bond acceptors (Lipinski definition) is 2. The van der Waals surface area contributed by atoms with E-state index in [0.29, 0.717) is 12.1 Å². The third-order valence-electron chi connectivity index (χ3n) is 4.00. The average Bonchev–Trinajstić information content (AvgIpc) is 2.95. The highest BCUT2D eigenvalue weighted by Gasteiger charge is 2.23. The van der Waals surface area contributed by atoms with Crippen molar-refractivity contribution in [1.29, 1.82) is 0 Å². The number of aromatic nitrogens is 2. The Kier molecular flexibility index (Phi) is 3.08. The van der Waals surface area contributed by atoms with Crippen molar-refractivity contribution in [3.05, 3.63) is 30.1 Å². The molecule has 0 aliphatic heterocycles. The molecule has 0 amide bonds. The fourth-order valence-corrected chi connectivity index (χ4v) is 2.97. The first-order chi connectivity index (χ1) is 8.72. The van der Waals surface area contributed by atoms with Crippen molar-refractivity contribution in [3.8, 4) is 0 Å². The molecule has 1 heterocycles. The van der Waals surface area contributed by atoms with Crippen LogP contribution in [0.4, 0.5) is 0 Å². The molecule has 2 N–H and O–H groups in total. The van der Waals surface area contributed by atoms with Gasteiger partial charge < -0.3 is 10.3 Å². The second kappa shape index (κ2) is 4.73. The first kappa shape index (κ1) is 11.7. The van der Waals surface area contributed by atoms with E-state index >= 15 is 0 Å². The molecule has 0 radical (unpaired) electrons. The number of aromatic amines is 1. The maximum absolute atomic E-state index is 4.66. The van der Waals surface area contributed by atoms with E-state index in [1.165, 1.54) is 19.3 Å². The summed E-state index contributed by atoms with van der Waals surface area (Å²) in [5.41, 5.74) is 2.18. The van der Waals surface area contributed by atoms with Crippen LogP contribution in [-0.4, -0.2) is 16.0 Å². The Morgan fingerprint density at radius 2 is 2.17 bits per heavy atom. The van der Waals surface area contributed by atoms with Crippen molar-refractivity contribution in [1.82, 2.24) is 15.3 Å². The predicted molar refractivity (Wildman–Crippen MR) is 74.4 cm³/mol. The summed E-state index contributed by atoms with van der Waals surface area (Å²) in [6.07, 6.45) is 3.95. The van der Waals surface area contributed by atoms with Crippen molar-refractivity contribution < 1.29 is 0 Å². The van der Waals surface area contributed by atoms with Gasteiger partial charge in [0.2, 0.25) is 0 Å². The number of para-hydroxylation sites is 2. The maximum atomic E-state index is 4.66. The second-order valence-electron chi connectivity index (χ2n) is 5.64. The van der Waals surface area contributed by atoms with Gasteiger partial charge in [-0.25, -0.2) is 4.98 Å². The molecule has 0 saturated heterocycles. The lowest BCUT2D eigenvalue weighted by atomic mass is 10.1. The second-order valence-corrected chi connectivity index (χ2v) is 5.64. The Balaban J connectivity index is 1.73. The lowest BCUT2D eigenvalue weighted by Gasteiger charge is -2.17. The van der Waals surface area contributed by atoms with Crippen LogP contribution in [0.5, 0.6) is 0 Å². The van der Waals surface area contributed by atoms with E-state index in [4.69, 9.17) is 0 Å². The minimum Gasteiger partial charge on any atom is -0.341 e. The molecule has 3 atom stereocenters. The molecule has 1 aromatic heterocycles. The molecule has 1 aromatic carbocycles. The number of benzene rings is 1. The van der Waals surface area contributed by atoms with Gasteiger partial charge in [-0.1, -0.05) is 19.1 Å². The third-order valence-corrected chi connectivity index (χ3v) is 4.00. The van der Waals surface area contributed by atoms with Crippen LogP contribution in [0.15, 0.2) is 24.3 Å². The minimum atomic E-state index is 0.299. The normalized spacial score (nSPS) is 25.7. The zero-order chi connectivity index (χ0) is 12.5. The quantitative estimate of drug-likeness (QED) is 0.867. The van der Waals surface area contributed by atoms with Gasteiger partial charge in [0.15, 0.2) is 0 Å². The molecule has 96 valence electrons. The Morgan fingerprint density at radius 3 is 2.89 bits per heavy atom. The summed E-state index contributed by atoms with van der Waals surface area (Å²) >= 11 is 0. The lowest BCUT2D eigenvalue weighted by molar-refractivity contribution is 0.439. The monoisotopic (exact) mass is 243 g/mol. The molecule has 2 aromatic rings. The van der Waals surface area contributed by atoms with Crippen LogP contribution in [0, 0.1) is 5.92 Å². The van der Waals surface area contributed by atoms with Gasteiger partial charge in [0.1, 0.15) is 5.82 Å². The highest BCUT2D eigenvalue weighted by Crippen LogP contribution is 2.26. The predicted octanol–water partition coefficient (Wildman–Crippen LogP) is 3.40. The Morgan fingerprint density at radius 1 is 1.33 bits per heavy atom. The average molecular weight is 243 g/mol. The number of imidazole rings is 1. The van der Waals surface area contributed by atoms with Crippen molar-refractivity contribution in [3.63, 3.8) is 0 Å². The molecule has 0 bridgehead atoms. The first-order valence-corrected chi connectivity index (χ1v) is 6.93. The van der Waals surface area contributed by atoms with Crippen molar-refractivity contribution in [2.75, 3.05) is 0 Å². The number of hydrogen-bond donors (Lipinski definition) is 2. The topological polar surface area (TPSA) is 40.7 Å². The first-order valence-electron chi connectivity index (χ1n) is 6.93. The van der Waals surface area contributed by atoms with Gasteiger partial charge in [-0.15, -0.1) is 0 Å². The van der Waals surface area contributed by atoms with Crippen molar-refractivity contribution >= 4 is 11.0 Å². The summed E-state index contributed by atoms with van der Waals surface area (Å²) in [7, 11) is 0. The van der Waals surface area contributed by atoms with Crippen molar-refractivity contribution in [2.45, 2.75) is 45.2 Å². The van der Waals surface area contributed by atoms with Crippen LogP contribution in [0.3, 0.4) is 0 Å². The lowest BCUT2D eigenvalue weighted by Crippen LogP contribution is -2.29. The van der Waals surface area contributed by atoms with Gasteiger partial charge in [0.25, 0.3) is 0 Å². The number of rotatable bonds is 3. The van der Waals surface area contributed by atoms with E-state index in [0.717, 1.165) is 22.8 Å². The smallest absolute Gasteiger partial charge is 0.124 e. The van der Waals surface area contributed by atoms with Gasteiger partial charge in [-0.3, -0.25) is 0 Å². The molecule has 0 spiro atoms. The summed E-state index contributed by atoms with van der Waals surface area (Å²) in [6.45, 7) is 4.54. The number of nitrogens with one attached hydrogen (secondary N) is 2. The van der Waals surface area contributed by atoms with E-state index in [-0.39, 0.29) is 0 Å². The van der Waals surface area contributed by atoms with E-state index in [1.807, 2.05) is 12.1 Å². The highest BCUT2D eigenvalue weighted by atomic mass is 15.0. The molecule has 1 saturated carbocycles. The summed E-state index contributed by atoms with van der Waals surface area (Å²) < 4.78 is 0. The van der Waals surface area contributed by atoms with Gasteiger partial charge in [0, 0.05) is 6.04 Å². The number of H-pyrrole nitrogens is 1. The largest absolute Gasteiger partial charge is 0.341 e. The summed E-state index contributed by atoms with van der Waals surface area (Å²) in [5, 5.41) is 3.69. The van der Waals surface area contributed by atoms with Gasteiger partial charge in [-0.05, 0) is 44.2 Å². The molecular weight excluding hydrogens is 222 g/mol. The molecule has 1 fully saturated rings. The number of fused-ring (bicyclic) bond motifs is 1. The number of nitrogens with zero attached hydrogens (tertiary/aromatic N) is 1. The molecule has 3 unspecified atom stereocenters. The zero-order valence-electron chi connectivity index (χ0n) is 11.1. The molecular formula is C15H21N3. The van der Waals surface area contributed by atoms with Crippen LogP contribution in [0.25, 0.3) is 11.0 Å². The van der Waals surface area contributed by atoms with Crippen LogP contribution < -0.4 is 5.32 Å². The summed E-state index contributed by atoms with van der Waals surface area (Å²) in [6, 6.07) is 9.16. The standard InChI is InChI=1S/C15H21N3/c1-10-7-8-12(9-10)16-11(2)15-17-13-5-3-4-6-14(13)18-15/h3-6,10-12,16H,7-9H2,1-2H3,(H,17,18). The van der Waals surface area contributed by atoms with Gasteiger partial charge >= 0.3 is 0 Å². The Labute approximate surface area is 108 Å². The van der Waals surface area contributed by atoms with Gasteiger partial charge in [-0.2, -0.15) is 0 Å². The minimum absolute atomic E-state index is 0.299. The molecule has 1 aliphatic rings. The Bertz CT molecular complexity index is 498. The third kappa shape index (κ3) is 2.27. The highest BCUT2D eigenvalue weighted by molar-refractivity contribution is 5.74. The summed E-state index contributed by atoms with van der Waals surface area (Å²) in [5.74, 6) is 1.92. The molecule has 3 heteroatoms. The zero-order valence-corrected chi connectivity index (χ0v) is 11.1. The van der Waals surface area contributed by atoms with Crippen LogP contribution >= 0.6 is 0 Å². The van der Waals surface area contributed by atoms with E-state index in [9.17, 15) is 0 Å². The van der Waals surface area contributed by atoms with Crippen LogP contribution in [-0.2, 0) is 0 Å². The van der Waals surface area contributed by atoms with Gasteiger partial charge in [0.05, 0.1) is 17.1 Å². The summed E-state index contributed by atoms with van der Waals surface area (Å²) in [4.78, 5) is 8.06. The SMILES string of the molecule is CC1CCC(NC(C)c2nc3ccccc3[nH]2)C1. The fraction of sp³-hybridized carbons (Fsp3) is 0.533. The van der Waals surface area contributed by atoms with Crippen LogP contribution in [0.1, 0.15) is 45.0 Å². The molecule has 3 rings (SSSR count). The molecule has 18 heavy (non-hydrogen) atoms.